The molecule has 0 spiro atoms. The van der Waals surface area contributed by atoms with Crippen LogP contribution in [0.4, 0.5) is 38.0 Å². The number of imidazole rings is 1. The van der Waals surface area contributed by atoms with Gasteiger partial charge in [-0.3, -0.25) is 0 Å². The van der Waals surface area contributed by atoms with Gasteiger partial charge in [-0.2, -0.15) is 26.3 Å². The Morgan fingerprint density at radius 2 is 1.60 bits per heavy atom. The molecule has 0 aromatic carbocycles. The van der Waals surface area contributed by atoms with Crippen molar-refractivity contribution in [2.24, 2.45) is 5.92 Å². The Bertz CT molecular complexity index is 1020. The lowest BCUT2D eigenvalue weighted by atomic mass is 9.81. The van der Waals surface area contributed by atoms with Gasteiger partial charge in [0.25, 0.3) is 0 Å². The number of hydrogen-bond acceptors (Lipinski definition) is 4. The molecule has 4 rings (SSSR count). The van der Waals surface area contributed by atoms with E-state index in [1.165, 1.54) is 12.3 Å². The minimum absolute atomic E-state index is 0.0792. The maximum Gasteiger partial charge on any atom is 0.417 e. The van der Waals surface area contributed by atoms with Gasteiger partial charge in [-0.25, -0.2) is 15.0 Å². The fourth-order valence-corrected chi connectivity index (χ4v) is 3.65. The molecule has 0 unspecified atom stereocenters. The van der Waals surface area contributed by atoms with E-state index in [9.17, 15) is 26.3 Å². The van der Waals surface area contributed by atoms with Gasteiger partial charge in [0, 0.05) is 18.2 Å². The van der Waals surface area contributed by atoms with E-state index in [0.717, 1.165) is 12.3 Å². The first-order valence-corrected chi connectivity index (χ1v) is 9.32. The molecule has 0 atom stereocenters. The fraction of sp³-hybridized carbons (Fsp3) is 0.421. The van der Waals surface area contributed by atoms with E-state index in [1.807, 2.05) is 0 Å². The van der Waals surface area contributed by atoms with E-state index >= 15 is 0 Å². The average Bonchev–Trinajstić information content (AvgIpc) is 3.10. The summed E-state index contributed by atoms with van der Waals surface area (Å²) in [7, 11) is 0. The van der Waals surface area contributed by atoms with Crippen molar-refractivity contribution < 1.29 is 26.3 Å². The highest BCUT2D eigenvalue weighted by atomic mass is 19.4. The number of fused-ring (bicyclic) bond motifs is 1. The van der Waals surface area contributed by atoms with Crippen LogP contribution in [0.25, 0.3) is 11.0 Å². The van der Waals surface area contributed by atoms with Crippen molar-refractivity contribution in [2.75, 3.05) is 5.32 Å². The molecule has 160 valence electrons. The monoisotopic (exact) mass is 429 g/mol. The van der Waals surface area contributed by atoms with E-state index in [-0.39, 0.29) is 24.6 Å². The molecule has 3 aromatic rings. The number of rotatable bonds is 3. The molecule has 1 aliphatic rings. The lowest BCUT2D eigenvalue weighted by Gasteiger charge is -2.28. The number of hydrogen-bond donors (Lipinski definition) is 2. The molecule has 0 saturated heterocycles. The van der Waals surface area contributed by atoms with Crippen LogP contribution < -0.4 is 5.32 Å². The third-order valence-corrected chi connectivity index (χ3v) is 5.31. The van der Waals surface area contributed by atoms with Crippen LogP contribution in [-0.4, -0.2) is 26.1 Å². The van der Waals surface area contributed by atoms with Crippen molar-refractivity contribution in [2.45, 2.75) is 44.0 Å². The third kappa shape index (κ3) is 4.34. The zero-order chi connectivity index (χ0) is 21.5. The van der Waals surface area contributed by atoms with Gasteiger partial charge in [0.15, 0.2) is 0 Å². The van der Waals surface area contributed by atoms with E-state index in [4.69, 9.17) is 0 Å². The van der Waals surface area contributed by atoms with E-state index in [1.54, 1.807) is 6.07 Å². The van der Waals surface area contributed by atoms with Crippen LogP contribution >= 0.6 is 0 Å². The number of halogens is 6. The Labute approximate surface area is 166 Å². The molecule has 3 aromatic heterocycles. The summed E-state index contributed by atoms with van der Waals surface area (Å²) in [6.45, 7) is 0. The minimum atomic E-state index is -4.46. The molecule has 3 heterocycles. The Morgan fingerprint density at radius 3 is 2.20 bits per heavy atom. The quantitative estimate of drug-likeness (QED) is 0.505. The van der Waals surface area contributed by atoms with Crippen LogP contribution in [0.15, 0.2) is 30.6 Å². The molecule has 0 bridgehead atoms. The average molecular weight is 429 g/mol. The lowest BCUT2D eigenvalue weighted by molar-refractivity contribution is -0.182. The summed E-state index contributed by atoms with van der Waals surface area (Å²) in [5, 5.41) is 2.82. The van der Waals surface area contributed by atoms with Crippen molar-refractivity contribution >= 4 is 22.7 Å². The highest BCUT2D eigenvalue weighted by Crippen LogP contribution is 2.42. The standard InChI is InChI=1S/C19H17F6N5/c20-18(21,22)11-3-1-10(2-4-11)17-28-13-7-16(27-9-14(13)29-17)30-15-6-5-12(8-26-15)19(23,24)25/h5-11H,1-4H2,(H,28,29)(H,26,27,30). The van der Waals surface area contributed by atoms with Gasteiger partial charge < -0.3 is 10.3 Å². The molecule has 5 nitrogen and oxygen atoms in total. The predicted molar refractivity (Wildman–Crippen MR) is 97.2 cm³/mol. The summed E-state index contributed by atoms with van der Waals surface area (Å²) in [6, 6.07) is 3.72. The van der Waals surface area contributed by atoms with Gasteiger partial charge in [-0.1, -0.05) is 0 Å². The number of anilines is 2. The number of H-pyrrole nitrogens is 1. The normalized spacial score (nSPS) is 20.5. The molecule has 1 aliphatic carbocycles. The van der Waals surface area contributed by atoms with Crippen molar-refractivity contribution in [3.63, 3.8) is 0 Å². The van der Waals surface area contributed by atoms with Crippen LogP contribution in [0.1, 0.15) is 43.0 Å². The summed E-state index contributed by atoms with van der Waals surface area (Å²) >= 11 is 0. The van der Waals surface area contributed by atoms with Crippen LogP contribution in [-0.2, 0) is 6.18 Å². The van der Waals surface area contributed by atoms with Gasteiger partial charge in [0.1, 0.15) is 17.5 Å². The molecular formula is C19H17F6N5. The van der Waals surface area contributed by atoms with Gasteiger partial charge >= 0.3 is 12.4 Å². The summed E-state index contributed by atoms with van der Waals surface area (Å²) < 4.78 is 76.4. The predicted octanol–water partition coefficient (Wildman–Crippen LogP) is 5.95. The molecule has 30 heavy (non-hydrogen) atoms. The van der Waals surface area contributed by atoms with Crippen LogP contribution in [0.5, 0.6) is 0 Å². The Morgan fingerprint density at radius 1 is 0.900 bits per heavy atom. The molecule has 0 radical (unpaired) electrons. The topological polar surface area (TPSA) is 66.5 Å². The highest BCUT2D eigenvalue weighted by Gasteiger charge is 2.42. The Balaban J connectivity index is 1.47. The second-order valence-electron chi connectivity index (χ2n) is 7.35. The number of aromatic amines is 1. The first-order chi connectivity index (χ1) is 14.1. The largest absolute Gasteiger partial charge is 0.417 e. The van der Waals surface area contributed by atoms with Crippen molar-refractivity contribution in [1.29, 1.82) is 0 Å². The van der Waals surface area contributed by atoms with Gasteiger partial charge in [0.05, 0.1) is 28.7 Å². The minimum Gasteiger partial charge on any atom is -0.340 e. The van der Waals surface area contributed by atoms with Gasteiger partial charge in [-0.05, 0) is 37.8 Å². The highest BCUT2D eigenvalue weighted by molar-refractivity contribution is 5.78. The van der Waals surface area contributed by atoms with Crippen LogP contribution in [0.2, 0.25) is 0 Å². The molecule has 11 heteroatoms. The maximum absolute atomic E-state index is 12.8. The van der Waals surface area contributed by atoms with E-state index < -0.39 is 23.8 Å². The summed E-state index contributed by atoms with van der Waals surface area (Å²) in [4.78, 5) is 15.5. The molecule has 2 N–H and O–H groups in total. The first kappa shape index (κ1) is 20.4. The Hall–Kier alpha value is -2.85. The number of nitrogens with zero attached hydrogens (tertiary/aromatic N) is 3. The zero-order valence-corrected chi connectivity index (χ0v) is 15.5. The van der Waals surface area contributed by atoms with Crippen LogP contribution in [0, 0.1) is 5.92 Å². The molecule has 1 saturated carbocycles. The smallest absolute Gasteiger partial charge is 0.340 e. The van der Waals surface area contributed by atoms with Crippen molar-refractivity contribution in [3.05, 3.63) is 42.0 Å². The SMILES string of the molecule is FC(F)(F)c1ccc(Nc2cc3nc(C4CCC(C(F)(F)F)CC4)[nH]c3cn2)nc1. The lowest BCUT2D eigenvalue weighted by Crippen LogP contribution is -2.27. The van der Waals surface area contributed by atoms with Crippen molar-refractivity contribution in [3.8, 4) is 0 Å². The number of nitrogens with one attached hydrogen (secondary N) is 2. The van der Waals surface area contributed by atoms with E-state index in [2.05, 4.69) is 25.3 Å². The number of pyridine rings is 2. The Kier molecular flexibility index (Phi) is 5.07. The van der Waals surface area contributed by atoms with Gasteiger partial charge in [-0.15, -0.1) is 0 Å². The summed E-state index contributed by atoms with van der Waals surface area (Å²) in [5.41, 5.74) is 0.342. The van der Waals surface area contributed by atoms with E-state index in [0.29, 0.717) is 35.5 Å². The second-order valence-corrected chi connectivity index (χ2v) is 7.35. The molecule has 0 aliphatic heterocycles. The number of aromatic nitrogens is 4. The van der Waals surface area contributed by atoms with Gasteiger partial charge in [0.2, 0.25) is 0 Å². The summed E-state index contributed by atoms with van der Waals surface area (Å²) in [5.74, 6) is -0.183. The third-order valence-electron chi connectivity index (χ3n) is 5.31. The van der Waals surface area contributed by atoms with Crippen LogP contribution in [0.3, 0.4) is 0 Å². The molecule has 0 amide bonds. The van der Waals surface area contributed by atoms with Crippen molar-refractivity contribution in [1.82, 2.24) is 19.9 Å². The first-order valence-electron chi connectivity index (χ1n) is 9.32. The fourth-order valence-electron chi connectivity index (χ4n) is 3.65. The maximum atomic E-state index is 12.8. The molecular weight excluding hydrogens is 412 g/mol. The number of alkyl halides is 6. The molecule has 1 fully saturated rings. The summed E-state index contributed by atoms with van der Waals surface area (Å²) in [6.07, 6.45) is -5.42. The second kappa shape index (κ2) is 7.44. The zero-order valence-electron chi connectivity index (χ0n) is 15.5.